The minimum atomic E-state index is -1.54. The molecule has 0 radical (unpaired) electrons. The molecule has 41 heteroatoms. The first-order valence-corrected chi connectivity index (χ1v) is 45.1. The Morgan fingerprint density at radius 1 is 0.382 bits per heavy atom. The van der Waals surface area contributed by atoms with Crippen LogP contribution in [-0.4, -0.2) is 262 Å². The number of rotatable bonds is 36. The minimum Gasteiger partial charge on any atom is -0.504 e. The molecule has 6 aromatic carbocycles. The van der Waals surface area contributed by atoms with Gasteiger partial charge < -0.3 is 159 Å². The summed E-state index contributed by atoms with van der Waals surface area (Å²) >= 11 is 0. The number of phenols is 12. The molecule has 5 aliphatic rings. The number of esters is 6. The first kappa shape index (κ1) is 118. The summed E-state index contributed by atoms with van der Waals surface area (Å²) in [6.07, 6.45) is 11.3. The number of ether oxygens (including phenoxy) is 13. The topological polar surface area (TPSA) is 658 Å². The van der Waals surface area contributed by atoms with Gasteiger partial charge in [0.05, 0.1) is 111 Å². The summed E-state index contributed by atoms with van der Waals surface area (Å²) in [5.41, 5.74) is 7.46. The third-order valence-corrected chi connectivity index (χ3v) is 22.5. The maximum atomic E-state index is 12.7. The number of benzene rings is 6. The summed E-state index contributed by atoms with van der Waals surface area (Å²) in [4.78, 5) is 107. The Labute approximate surface area is 828 Å². The molecule has 6 aromatic rings. The van der Waals surface area contributed by atoms with Crippen molar-refractivity contribution in [3.63, 3.8) is 0 Å². The number of aryl methyl sites for hydroxylation is 1. The number of phenolic OH excluding ortho intramolecular Hbond substituents is 12. The highest BCUT2D eigenvalue weighted by Crippen LogP contribution is 2.39. The van der Waals surface area contributed by atoms with Crippen molar-refractivity contribution in [2.45, 2.75) is 162 Å². The third-order valence-electron chi connectivity index (χ3n) is 22.5. The molecule has 19 N–H and O–H groups in total. The van der Waals surface area contributed by atoms with Crippen LogP contribution in [0.3, 0.4) is 0 Å². The molecule has 0 saturated carbocycles. The molecule has 12 atom stereocenters. The molecule has 0 unspecified atom stereocenters. The quantitative estimate of drug-likeness (QED) is 0.00758. The van der Waals surface area contributed by atoms with Crippen LogP contribution in [0, 0.1) is 29.6 Å². The van der Waals surface area contributed by atoms with E-state index in [-0.39, 0.29) is 164 Å². The summed E-state index contributed by atoms with van der Waals surface area (Å²) < 4.78 is 65.9. The van der Waals surface area contributed by atoms with Crippen LogP contribution in [0.5, 0.6) is 69.0 Å². The van der Waals surface area contributed by atoms with Crippen LogP contribution in [0.15, 0.2) is 216 Å². The number of allylic oxidation sites excluding steroid dienone is 7. The van der Waals surface area contributed by atoms with Gasteiger partial charge in [0.1, 0.15) is 5.78 Å². The van der Waals surface area contributed by atoms with Crippen molar-refractivity contribution >= 4 is 53.2 Å². The Morgan fingerprint density at radius 2 is 0.681 bits per heavy atom. The Morgan fingerprint density at radius 3 is 0.958 bits per heavy atom. The van der Waals surface area contributed by atoms with E-state index in [9.17, 15) is 125 Å². The van der Waals surface area contributed by atoms with Crippen molar-refractivity contribution < 1.29 is 202 Å². The molecule has 0 bridgehead atoms. The number of hydrogen-bond donors (Lipinski definition) is 19. The van der Waals surface area contributed by atoms with Gasteiger partial charge in [-0.2, -0.15) is 0 Å². The smallest absolute Gasteiger partial charge is 0.335 e. The van der Waals surface area contributed by atoms with Crippen molar-refractivity contribution in [2.24, 2.45) is 29.6 Å². The highest BCUT2D eigenvalue weighted by molar-refractivity contribution is 5.96. The number of hydrogen-bond acceptors (Lipinski definition) is 41. The van der Waals surface area contributed by atoms with E-state index in [1.165, 1.54) is 131 Å². The largest absolute Gasteiger partial charge is 0.504 e. The first-order chi connectivity index (χ1) is 68.6. The van der Waals surface area contributed by atoms with Gasteiger partial charge in [-0.1, -0.05) is 66.8 Å². The van der Waals surface area contributed by atoms with E-state index >= 15 is 0 Å². The standard InChI is InChI=1S/2C19H22O7.C18H24O6.2C17H20O7.C13H16O7/c2*1-3-13-14(15(11(2)20)10-26-19(13)24)9-18(23)25-7-6-12-4-5-16(21)17(22)8-12;1-4-12-13(10-17(22-2)24-18(12)23-3)14(19)7-5-11-6-8-15(20)16(21)9-11;2*18-6-3-13-12(5-8-24-17(13)22)10-16(21)23-7-4-11-1-2-14(19)15(20)9-11;1-19-13(18)11(16)7-12(17)20-5-4-8-2-3-9(14)10(15)6-8/h2*3-5,8,10,14,19,21-22,24H,6-7,9H2,1-2H3;4,6,8-9,13,17-18,20-21H,5,7,10H2,1-3H3;2*1-3,5,8-9,12,17-20,22H,4,6-7,10H2;2-3,6,11,14-16H,4-5,7H2,1H3/b2*13-3-;12-4-;2*13-3-;/t14-,19+;14-,19-;13-,17-,18+;12-,17+;12-,17-;11-/m011000/s1. The van der Waals surface area contributed by atoms with Gasteiger partial charge in [0.2, 0.25) is 25.2 Å². The SMILES string of the molecule is C/C=C1\[C@@H](OC)O[C@@H](OC)C[C@H]1C(=O)CCc1ccc(O)c(O)c1.C/C=C1\[C@H](O)OC=C(C(C)=O)[C@@H]1CC(=O)OCCc1ccc(O)c(O)c1.C/C=C1\[C@H](O)OC=C(C(C)=O)[C@H]1CC(=O)OCCc1ccc(O)c(O)c1.COC(=O)[C@@H](O)CC(=O)OCCc1ccc(O)c(O)c1.O=C(C[C@@H]1C=CO[C@@H](O)/C1=C\CO)OCCc1ccc(O)c(O)c1.O=C(C[C@@H]1C=CO[C@H](O)/C1=C\CO)OCCc1ccc(O)c(O)c1. The molecule has 0 aliphatic carbocycles. The normalized spacial score (nSPS) is 20.7. The van der Waals surface area contributed by atoms with Crippen LogP contribution in [0.25, 0.3) is 0 Å². The maximum absolute atomic E-state index is 12.7. The molecule has 144 heavy (non-hydrogen) atoms. The maximum Gasteiger partial charge on any atom is 0.335 e. The molecule has 11 rings (SSSR count). The van der Waals surface area contributed by atoms with E-state index in [2.05, 4.69) is 4.74 Å². The van der Waals surface area contributed by atoms with Gasteiger partial charge in [-0.15, -0.1) is 0 Å². The van der Waals surface area contributed by atoms with Gasteiger partial charge in [-0.25, -0.2) is 4.79 Å². The third kappa shape index (κ3) is 38.2. The van der Waals surface area contributed by atoms with Crippen LogP contribution in [0.1, 0.15) is 113 Å². The van der Waals surface area contributed by atoms with Gasteiger partial charge in [0.25, 0.3) is 0 Å². The van der Waals surface area contributed by atoms with Crippen molar-refractivity contribution in [3.8, 4) is 69.0 Å². The van der Waals surface area contributed by atoms with Crippen molar-refractivity contribution in [3.05, 3.63) is 249 Å². The zero-order valence-corrected chi connectivity index (χ0v) is 80.3. The van der Waals surface area contributed by atoms with Crippen LogP contribution in [-0.2, 0) is 143 Å². The van der Waals surface area contributed by atoms with E-state index in [0.717, 1.165) is 29.4 Å². The second-order valence-electron chi connectivity index (χ2n) is 32.3. The van der Waals surface area contributed by atoms with Crippen LogP contribution >= 0.6 is 0 Å². The fourth-order valence-corrected chi connectivity index (χ4v) is 14.7. The Kier molecular flexibility index (Phi) is 49.5. The summed E-state index contributed by atoms with van der Waals surface area (Å²) in [7, 11) is 4.18. The first-order valence-electron chi connectivity index (χ1n) is 45.1. The van der Waals surface area contributed by atoms with Crippen LogP contribution in [0.4, 0.5) is 0 Å². The van der Waals surface area contributed by atoms with Gasteiger partial charge in [0.15, 0.2) is 99.2 Å². The second-order valence-corrected chi connectivity index (χ2v) is 32.3. The number of ketones is 3. The number of aliphatic hydroxyl groups is 7. The number of Topliss-reactive ketones (excluding diaryl/α,β-unsaturated/α-hetero) is 3. The van der Waals surface area contributed by atoms with Crippen LogP contribution in [0.2, 0.25) is 0 Å². The molecule has 0 aromatic heterocycles. The average molecular weight is 2020 g/mol. The molecule has 5 heterocycles. The second kappa shape index (κ2) is 60.5. The molecule has 782 valence electrons. The van der Waals surface area contributed by atoms with E-state index in [4.69, 9.17) is 72.2 Å². The number of carbonyl (C=O) groups is 9. The van der Waals surface area contributed by atoms with E-state index in [0.29, 0.717) is 101 Å². The zero-order chi connectivity index (χ0) is 106. The van der Waals surface area contributed by atoms with E-state index < -0.39 is 110 Å². The van der Waals surface area contributed by atoms with Crippen molar-refractivity contribution in [1.82, 2.24) is 0 Å². The number of aliphatic hydroxyl groups excluding tert-OH is 7. The average Bonchev–Trinajstić information content (AvgIpc) is 0.815. The fraction of sp³-hybridized carbons (Fsp3) is 0.388. The van der Waals surface area contributed by atoms with Crippen LogP contribution < -0.4 is 0 Å². The van der Waals surface area contributed by atoms with Crippen molar-refractivity contribution in [1.29, 1.82) is 0 Å². The summed E-state index contributed by atoms with van der Waals surface area (Å²) in [5, 5.41) is 178. The molecule has 1 fully saturated rings. The van der Waals surface area contributed by atoms with E-state index in [1.807, 2.05) is 13.0 Å². The van der Waals surface area contributed by atoms with Crippen molar-refractivity contribution in [2.75, 3.05) is 67.6 Å². The Hall–Kier alpha value is -14.8. The highest BCUT2D eigenvalue weighted by Gasteiger charge is 2.39. The lowest BCUT2D eigenvalue weighted by atomic mass is 9.84. The zero-order valence-electron chi connectivity index (χ0n) is 80.3. The van der Waals surface area contributed by atoms with Gasteiger partial charge in [0, 0.05) is 122 Å². The number of carbonyl (C=O) groups excluding carboxylic acids is 9. The fourth-order valence-electron chi connectivity index (χ4n) is 14.7. The van der Waals surface area contributed by atoms with Gasteiger partial charge in [-0.05, 0) is 165 Å². The lowest BCUT2D eigenvalue weighted by molar-refractivity contribution is -0.237. The molecular weight excluding hydrogens is 1890 g/mol. The predicted molar refractivity (Wildman–Crippen MR) is 507 cm³/mol. The molecule has 0 spiro atoms. The molecule has 41 nitrogen and oxygen atoms in total. The Balaban J connectivity index is 0.000000265. The number of aromatic hydroxyl groups is 12. The highest BCUT2D eigenvalue weighted by atomic mass is 16.8. The summed E-state index contributed by atoms with van der Waals surface area (Å²) in [6.45, 7) is 7.90. The summed E-state index contributed by atoms with van der Waals surface area (Å²) in [6, 6.07) is 26.4. The summed E-state index contributed by atoms with van der Waals surface area (Å²) in [5.74, 6) is -8.87. The molecule has 5 aliphatic heterocycles. The molecular formula is C103H124O41. The number of methoxy groups -OCH3 is 3. The lowest BCUT2D eigenvalue weighted by Crippen LogP contribution is -2.40. The van der Waals surface area contributed by atoms with E-state index in [1.54, 1.807) is 81.7 Å². The van der Waals surface area contributed by atoms with Gasteiger partial charge >= 0.3 is 35.8 Å². The monoisotopic (exact) mass is 2020 g/mol. The Bertz CT molecular complexity index is 5360. The molecule has 1 saturated heterocycles. The molecule has 0 amide bonds. The van der Waals surface area contributed by atoms with Gasteiger partial charge in [-0.3, -0.25) is 38.4 Å². The lowest BCUT2D eigenvalue weighted by Gasteiger charge is -2.35. The minimum absolute atomic E-state index is 0.0174. The predicted octanol–water partition coefficient (Wildman–Crippen LogP) is 8.49.